The predicted octanol–water partition coefficient (Wildman–Crippen LogP) is 7.99. The largest absolute Gasteiger partial charge is 0.481 e. The first-order chi connectivity index (χ1) is 28.4. The molecule has 0 aliphatic carbocycles. The van der Waals surface area contributed by atoms with Crippen molar-refractivity contribution in [3.8, 4) is 0 Å². The van der Waals surface area contributed by atoms with Gasteiger partial charge in [0.2, 0.25) is 0 Å². The highest BCUT2D eigenvalue weighted by atomic mass is 16.8. The van der Waals surface area contributed by atoms with E-state index in [4.69, 9.17) is 23.7 Å². The van der Waals surface area contributed by atoms with Crippen LogP contribution in [0.5, 0.6) is 0 Å². The molecule has 5 aliphatic heterocycles. The monoisotopic (exact) mass is 840 g/mol. The summed E-state index contributed by atoms with van der Waals surface area (Å²) in [4.78, 5) is 26.7. The smallest absolute Gasteiger partial charge is 0.309 e. The van der Waals surface area contributed by atoms with Crippen LogP contribution in [0.1, 0.15) is 139 Å². The molecule has 1 aromatic rings. The molecule has 0 radical (unpaired) electrons. The molecule has 0 aromatic heterocycles. The van der Waals surface area contributed by atoms with Crippen LogP contribution in [0, 0.1) is 41.4 Å². The number of hydrogen-bond donors (Lipinski definition) is 4. The molecule has 2 spiro atoms. The lowest BCUT2D eigenvalue weighted by Crippen LogP contribution is -2.65. The Morgan fingerprint density at radius 2 is 1.58 bits per heavy atom. The number of carbonyl (C=O) groups is 2. The second kappa shape index (κ2) is 18.9. The summed E-state index contributed by atoms with van der Waals surface area (Å²) in [6.45, 7) is 20.7. The maximum absolute atomic E-state index is 14.7. The number of hydrogen-bond acceptors (Lipinski definition) is 10. The van der Waals surface area contributed by atoms with Crippen molar-refractivity contribution in [2.45, 2.75) is 205 Å². The van der Waals surface area contributed by atoms with E-state index in [0.29, 0.717) is 57.9 Å². The van der Waals surface area contributed by atoms with E-state index in [1.54, 1.807) is 0 Å². The van der Waals surface area contributed by atoms with Crippen molar-refractivity contribution in [1.29, 1.82) is 0 Å². The molecule has 5 heterocycles. The Hall–Kier alpha value is -2.22. The van der Waals surface area contributed by atoms with Crippen molar-refractivity contribution in [3.63, 3.8) is 0 Å². The number of rotatable bonds is 15. The van der Waals surface area contributed by atoms with Crippen LogP contribution >= 0.6 is 0 Å². The number of nitrogens with one attached hydrogen (secondary N) is 1. The number of carbonyl (C=O) groups excluding carboxylic acids is 1. The maximum Gasteiger partial charge on any atom is 0.309 e. The van der Waals surface area contributed by atoms with E-state index < -0.39 is 64.8 Å². The summed E-state index contributed by atoms with van der Waals surface area (Å²) in [5.74, 6) is -5.26. The quantitative estimate of drug-likeness (QED) is 0.127. The number of Topliss-reactive ketones (excluding diaryl/α,β-unsaturated/α-hetero) is 1. The first-order valence-electron chi connectivity index (χ1n) is 23.4. The van der Waals surface area contributed by atoms with Gasteiger partial charge in [0.1, 0.15) is 5.78 Å². The normalized spacial score (nSPS) is 42.1. The Labute approximate surface area is 359 Å². The molecule has 11 nitrogen and oxygen atoms in total. The maximum atomic E-state index is 14.7. The van der Waals surface area contributed by atoms with Gasteiger partial charge < -0.3 is 44.3 Å². The van der Waals surface area contributed by atoms with Gasteiger partial charge in [0.05, 0.1) is 59.8 Å². The van der Waals surface area contributed by atoms with Crippen molar-refractivity contribution in [1.82, 2.24) is 5.32 Å². The van der Waals surface area contributed by atoms with E-state index in [-0.39, 0.29) is 53.8 Å². The second-order valence-corrected chi connectivity index (χ2v) is 19.8. The van der Waals surface area contributed by atoms with Crippen LogP contribution in [0.15, 0.2) is 42.5 Å². The predicted molar refractivity (Wildman–Crippen MR) is 230 cm³/mol. The molecule has 4 saturated heterocycles. The van der Waals surface area contributed by atoms with Crippen molar-refractivity contribution in [2.24, 2.45) is 41.4 Å². The number of carboxylic acid groups (broad SMARTS) is 1. The van der Waals surface area contributed by atoms with E-state index >= 15 is 0 Å². The Morgan fingerprint density at radius 3 is 2.22 bits per heavy atom. The lowest BCUT2D eigenvalue weighted by molar-refractivity contribution is -0.398. The zero-order valence-corrected chi connectivity index (χ0v) is 38.1. The Bertz CT molecular complexity index is 1640. The van der Waals surface area contributed by atoms with Gasteiger partial charge in [-0.2, -0.15) is 0 Å². The Morgan fingerprint density at radius 1 is 0.883 bits per heavy atom. The third-order valence-corrected chi connectivity index (χ3v) is 15.8. The van der Waals surface area contributed by atoms with E-state index in [1.165, 1.54) is 0 Å². The van der Waals surface area contributed by atoms with Crippen molar-refractivity contribution in [2.75, 3.05) is 0 Å². The highest BCUT2D eigenvalue weighted by Crippen LogP contribution is 2.54. The van der Waals surface area contributed by atoms with Crippen LogP contribution in [0.3, 0.4) is 0 Å². The van der Waals surface area contributed by atoms with Gasteiger partial charge in [-0.15, -0.1) is 0 Å². The number of benzene rings is 1. The summed E-state index contributed by atoms with van der Waals surface area (Å²) < 4.78 is 34.9. The summed E-state index contributed by atoms with van der Waals surface area (Å²) >= 11 is 0. The van der Waals surface area contributed by atoms with Gasteiger partial charge in [-0.05, 0) is 95.1 Å². The molecular formula is C49H77NO10. The van der Waals surface area contributed by atoms with Crippen molar-refractivity contribution < 1.29 is 48.6 Å². The van der Waals surface area contributed by atoms with Crippen LogP contribution in [-0.4, -0.2) is 92.5 Å². The molecule has 6 rings (SSSR count). The van der Waals surface area contributed by atoms with E-state index in [1.807, 2.05) is 65.8 Å². The molecule has 5 aliphatic rings. The molecule has 0 unspecified atom stereocenters. The highest BCUT2D eigenvalue weighted by Gasteiger charge is 2.63. The standard InChI is InChI=1S/C49H77NO10/c1-11-36(45(53)54)38-20-19-29(4)43(57-38)33(8)41(51)32(7)42(52)37(12-2)44-30(5)27-31(6)48(58-44)24-21-39(50-28-35-17-15-14-16-18-35)49(60-48)26-25-46(10,59-49)40-22-23-47(55,13-3)34(9)56-40/h14-18,21,24,29-34,36-41,43-44,50-51,55H,11-13,19-20,22-23,25-28H2,1-10H3,(H,53,54)/t29-,30-,31+,32-,33-,34-,36+,37-,38+,39+,40+,41+,43+,44-,46-,47+,48-,49-/m0/s1. The number of aliphatic carboxylic acids is 1. The van der Waals surface area contributed by atoms with Gasteiger partial charge in [-0.1, -0.05) is 91.8 Å². The molecule has 60 heavy (non-hydrogen) atoms. The fourth-order valence-electron chi connectivity index (χ4n) is 11.6. The molecule has 0 saturated carbocycles. The van der Waals surface area contributed by atoms with E-state index in [0.717, 1.165) is 18.4 Å². The molecule has 338 valence electrons. The first kappa shape index (κ1) is 47.3. The van der Waals surface area contributed by atoms with Gasteiger partial charge in [0.25, 0.3) is 0 Å². The Kier molecular flexibility index (Phi) is 14.9. The van der Waals surface area contributed by atoms with Gasteiger partial charge in [0, 0.05) is 36.6 Å². The molecule has 11 heteroatoms. The van der Waals surface area contributed by atoms with Crippen LogP contribution in [0.2, 0.25) is 0 Å². The van der Waals surface area contributed by atoms with Gasteiger partial charge in [0.15, 0.2) is 11.6 Å². The van der Waals surface area contributed by atoms with Crippen molar-refractivity contribution in [3.05, 3.63) is 48.0 Å². The summed E-state index contributed by atoms with van der Waals surface area (Å²) in [6, 6.07) is 9.97. The summed E-state index contributed by atoms with van der Waals surface area (Å²) in [7, 11) is 0. The number of aliphatic hydroxyl groups excluding tert-OH is 1. The van der Waals surface area contributed by atoms with Gasteiger partial charge in [-0.25, -0.2) is 0 Å². The average Bonchev–Trinajstić information content (AvgIpc) is 3.57. The molecule has 4 N–H and O–H groups in total. The zero-order chi connectivity index (χ0) is 43.8. The number of aliphatic hydroxyl groups is 2. The zero-order valence-electron chi connectivity index (χ0n) is 38.1. The average molecular weight is 840 g/mol. The molecule has 0 amide bonds. The van der Waals surface area contributed by atoms with Gasteiger partial charge >= 0.3 is 5.97 Å². The molecule has 18 atom stereocenters. The first-order valence-corrected chi connectivity index (χ1v) is 23.4. The minimum atomic E-state index is -1.17. The fraction of sp³-hybridized carbons (Fsp3) is 0.796. The number of carboxylic acids is 1. The molecular weight excluding hydrogens is 763 g/mol. The highest BCUT2D eigenvalue weighted by molar-refractivity contribution is 5.84. The molecule has 4 fully saturated rings. The summed E-state index contributed by atoms with van der Waals surface area (Å²) in [6.07, 6.45) is 7.83. The van der Waals surface area contributed by atoms with Gasteiger partial charge in [-0.3, -0.25) is 9.59 Å². The topological polar surface area (TPSA) is 153 Å². The summed E-state index contributed by atoms with van der Waals surface area (Å²) in [5, 5.41) is 36.7. The van der Waals surface area contributed by atoms with E-state index in [9.17, 15) is 24.9 Å². The van der Waals surface area contributed by atoms with E-state index in [2.05, 4.69) is 51.2 Å². The van der Waals surface area contributed by atoms with Crippen LogP contribution in [0.25, 0.3) is 0 Å². The molecule has 1 aromatic carbocycles. The lowest BCUT2D eigenvalue weighted by atomic mass is 9.72. The minimum Gasteiger partial charge on any atom is -0.481 e. The molecule has 0 bridgehead atoms. The third kappa shape index (κ3) is 9.21. The fourth-order valence-corrected chi connectivity index (χ4v) is 11.6. The minimum absolute atomic E-state index is 0.0387. The summed E-state index contributed by atoms with van der Waals surface area (Å²) in [5.41, 5.74) is -0.397. The van der Waals surface area contributed by atoms with Crippen molar-refractivity contribution >= 4 is 11.8 Å². The van der Waals surface area contributed by atoms with Crippen LogP contribution in [-0.2, 0) is 39.8 Å². The third-order valence-electron chi connectivity index (χ3n) is 15.8. The van der Waals surface area contributed by atoms with Crippen LogP contribution < -0.4 is 5.32 Å². The number of ether oxygens (including phenoxy) is 5. The van der Waals surface area contributed by atoms with Crippen LogP contribution in [0.4, 0.5) is 0 Å². The Balaban J connectivity index is 1.23. The second-order valence-electron chi connectivity index (χ2n) is 19.8. The number of ketones is 1. The SMILES string of the molecule is CC[C@@H](C(=O)[C@@H](C)[C@@H](O)[C@H](C)[C@@H]1O[C@@H]([C@@H](CC)C(=O)O)CC[C@@H]1C)[C@H]1O[C@]2(C=C[C@@H](NCc3ccccc3)[C@]3(CC[C@@](C)([C@H]4CC[C@](O)(CC)[C@H](C)O4)O3)O2)[C@H](C)C[C@@H]1C. The lowest BCUT2D eigenvalue weighted by Gasteiger charge is -2.55.